The van der Waals surface area contributed by atoms with Crippen LogP contribution in [0.1, 0.15) is 25.5 Å². The maximum absolute atomic E-state index is 10.1. The molecule has 4 nitrogen and oxygen atoms in total. The van der Waals surface area contributed by atoms with E-state index in [4.69, 9.17) is 9.84 Å². The highest BCUT2D eigenvalue weighted by atomic mass is 16.5. The zero-order chi connectivity index (χ0) is 13.4. The Kier molecular flexibility index (Phi) is 6.72. The van der Waals surface area contributed by atoms with Gasteiger partial charge in [-0.15, -0.1) is 0 Å². The van der Waals surface area contributed by atoms with Crippen molar-refractivity contribution in [1.29, 1.82) is 0 Å². The molecule has 1 rings (SSSR count). The molecule has 0 saturated carbocycles. The van der Waals surface area contributed by atoms with Crippen LogP contribution in [0.15, 0.2) is 24.3 Å². The highest BCUT2D eigenvalue weighted by Gasteiger charge is 2.12. The smallest absolute Gasteiger partial charge is 0.119 e. The van der Waals surface area contributed by atoms with E-state index < -0.39 is 6.10 Å². The van der Waals surface area contributed by atoms with Gasteiger partial charge in [0.05, 0.1) is 19.3 Å². The van der Waals surface area contributed by atoms with Crippen molar-refractivity contribution in [1.82, 2.24) is 4.90 Å². The first kappa shape index (κ1) is 15.0. The van der Waals surface area contributed by atoms with Gasteiger partial charge in [-0.3, -0.25) is 4.90 Å². The normalized spacial score (nSPS) is 12.7. The second-order valence-electron chi connectivity index (χ2n) is 4.13. The number of hydrogen-bond acceptors (Lipinski definition) is 4. The summed E-state index contributed by atoms with van der Waals surface area (Å²) in [4.78, 5) is 2.02. The van der Waals surface area contributed by atoms with Crippen molar-refractivity contribution in [2.24, 2.45) is 0 Å². The Hall–Kier alpha value is -1.10. The summed E-state index contributed by atoms with van der Waals surface area (Å²) in [5.74, 6) is 0.816. The average molecular weight is 253 g/mol. The van der Waals surface area contributed by atoms with Crippen LogP contribution in [0.3, 0.4) is 0 Å². The van der Waals surface area contributed by atoms with Gasteiger partial charge in [0.1, 0.15) is 5.75 Å². The van der Waals surface area contributed by atoms with Gasteiger partial charge in [-0.1, -0.05) is 19.1 Å². The van der Waals surface area contributed by atoms with Crippen LogP contribution in [0.4, 0.5) is 0 Å². The zero-order valence-corrected chi connectivity index (χ0v) is 11.2. The van der Waals surface area contributed by atoms with E-state index in [1.807, 2.05) is 43.0 Å². The van der Waals surface area contributed by atoms with Gasteiger partial charge in [-0.25, -0.2) is 0 Å². The molecule has 1 aromatic carbocycles. The Bertz CT molecular complexity index is 326. The minimum atomic E-state index is -0.535. The maximum atomic E-state index is 10.1. The molecule has 1 aromatic rings. The van der Waals surface area contributed by atoms with Crippen LogP contribution in [-0.2, 0) is 0 Å². The van der Waals surface area contributed by atoms with Gasteiger partial charge in [-0.2, -0.15) is 0 Å². The minimum Gasteiger partial charge on any atom is -0.494 e. The predicted molar refractivity (Wildman–Crippen MR) is 71.8 cm³/mol. The zero-order valence-electron chi connectivity index (χ0n) is 11.2. The number of aliphatic hydroxyl groups excluding tert-OH is 2. The van der Waals surface area contributed by atoms with E-state index >= 15 is 0 Å². The molecular formula is C14H23NO3. The summed E-state index contributed by atoms with van der Waals surface area (Å²) in [6.07, 6.45) is -0.535. The van der Waals surface area contributed by atoms with E-state index in [1.165, 1.54) is 0 Å². The van der Waals surface area contributed by atoms with Crippen LogP contribution >= 0.6 is 0 Å². The number of ether oxygens (including phenoxy) is 1. The van der Waals surface area contributed by atoms with Crippen molar-refractivity contribution in [3.05, 3.63) is 29.8 Å². The average Bonchev–Trinajstić information content (AvgIpc) is 2.39. The van der Waals surface area contributed by atoms with Crippen molar-refractivity contribution in [3.8, 4) is 5.75 Å². The van der Waals surface area contributed by atoms with Gasteiger partial charge in [0.15, 0.2) is 0 Å². The predicted octanol–water partition coefficient (Wildman–Crippen LogP) is 1.43. The molecule has 0 fully saturated rings. The van der Waals surface area contributed by atoms with E-state index in [1.54, 1.807) is 0 Å². The molecule has 0 spiro atoms. The molecule has 102 valence electrons. The molecule has 0 aliphatic carbocycles. The molecule has 18 heavy (non-hydrogen) atoms. The van der Waals surface area contributed by atoms with E-state index in [0.717, 1.165) is 17.9 Å². The molecular weight excluding hydrogens is 230 g/mol. The molecule has 0 amide bonds. The summed E-state index contributed by atoms with van der Waals surface area (Å²) >= 11 is 0. The topological polar surface area (TPSA) is 52.9 Å². The van der Waals surface area contributed by atoms with E-state index in [2.05, 4.69) is 0 Å². The summed E-state index contributed by atoms with van der Waals surface area (Å²) in [5, 5.41) is 19.0. The Balaban J connectivity index is 2.57. The first-order valence-electron chi connectivity index (χ1n) is 6.45. The largest absolute Gasteiger partial charge is 0.494 e. The standard InChI is InChI=1S/C14H23NO3/c1-3-15(9-10-16)11-14(17)12-5-7-13(8-6-12)18-4-2/h5-8,14,16-17H,3-4,9-11H2,1-2H3. The van der Waals surface area contributed by atoms with Gasteiger partial charge < -0.3 is 14.9 Å². The monoisotopic (exact) mass is 253 g/mol. The summed E-state index contributed by atoms with van der Waals surface area (Å²) in [6, 6.07) is 7.49. The Morgan fingerprint density at radius 1 is 1.22 bits per heavy atom. The molecule has 0 radical (unpaired) electrons. The van der Waals surface area contributed by atoms with Crippen molar-refractivity contribution >= 4 is 0 Å². The van der Waals surface area contributed by atoms with Gasteiger partial charge in [0.2, 0.25) is 0 Å². The van der Waals surface area contributed by atoms with Crippen LogP contribution < -0.4 is 4.74 Å². The number of hydrogen-bond donors (Lipinski definition) is 2. The van der Waals surface area contributed by atoms with Gasteiger partial charge in [0, 0.05) is 13.1 Å². The first-order chi connectivity index (χ1) is 8.71. The summed E-state index contributed by atoms with van der Waals surface area (Å²) < 4.78 is 5.36. The third-order valence-corrected chi connectivity index (χ3v) is 2.87. The molecule has 0 heterocycles. The SMILES string of the molecule is CCOc1ccc(C(O)CN(CC)CCO)cc1. The van der Waals surface area contributed by atoms with Crippen LogP contribution in [0, 0.1) is 0 Å². The number of aliphatic hydroxyl groups is 2. The van der Waals surface area contributed by atoms with Crippen molar-refractivity contribution in [3.63, 3.8) is 0 Å². The lowest BCUT2D eigenvalue weighted by Crippen LogP contribution is -2.31. The first-order valence-corrected chi connectivity index (χ1v) is 6.45. The molecule has 1 unspecified atom stereocenters. The molecule has 4 heteroatoms. The highest BCUT2D eigenvalue weighted by Crippen LogP contribution is 2.18. The molecule has 2 N–H and O–H groups in total. The fourth-order valence-corrected chi connectivity index (χ4v) is 1.82. The Morgan fingerprint density at radius 3 is 2.39 bits per heavy atom. The van der Waals surface area contributed by atoms with Gasteiger partial charge in [0.25, 0.3) is 0 Å². The van der Waals surface area contributed by atoms with Crippen molar-refractivity contribution < 1.29 is 14.9 Å². The lowest BCUT2D eigenvalue weighted by molar-refractivity contribution is 0.103. The fourth-order valence-electron chi connectivity index (χ4n) is 1.82. The highest BCUT2D eigenvalue weighted by molar-refractivity contribution is 5.28. The second-order valence-corrected chi connectivity index (χ2v) is 4.13. The van der Waals surface area contributed by atoms with Crippen molar-refractivity contribution in [2.45, 2.75) is 20.0 Å². The summed E-state index contributed by atoms with van der Waals surface area (Å²) in [7, 11) is 0. The van der Waals surface area contributed by atoms with E-state index in [9.17, 15) is 5.11 Å². The summed E-state index contributed by atoms with van der Waals surface area (Å²) in [6.45, 7) is 6.65. The van der Waals surface area contributed by atoms with Crippen molar-refractivity contribution in [2.75, 3.05) is 32.8 Å². The van der Waals surface area contributed by atoms with Crippen LogP contribution in [0.2, 0.25) is 0 Å². The molecule has 0 aromatic heterocycles. The summed E-state index contributed by atoms with van der Waals surface area (Å²) in [5.41, 5.74) is 0.870. The number of rotatable bonds is 8. The van der Waals surface area contributed by atoms with E-state index in [-0.39, 0.29) is 6.61 Å². The number of likely N-dealkylation sites (N-methyl/N-ethyl adjacent to an activating group) is 1. The fraction of sp³-hybridized carbons (Fsp3) is 0.571. The minimum absolute atomic E-state index is 0.115. The van der Waals surface area contributed by atoms with Crippen LogP contribution in [-0.4, -0.2) is 48.0 Å². The van der Waals surface area contributed by atoms with Gasteiger partial charge >= 0.3 is 0 Å². The maximum Gasteiger partial charge on any atom is 0.119 e. The van der Waals surface area contributed by atoms with E-state index in [0.29, 0.717) is 19.7 Å². The third-order valence-electron chi connectivity index (χ3n) is 2.87. The Morgan fingerprint density at radius 2 is 1.89 bits per heavy atom. The lowest BCUT2D eigenvalue weighted by Gasteiger charge is -2.22. The molecule has 0 aliphatic rings. The molecule has 0 bridgehead atoms. The molecule has 0 saturated heterocycles. The quantitative estimate of drug-likeness (QED) is 0.736. The van der Waals surface area contributed by atoms with Gasteiger partial charge in [-0.05, 0) is 31.2 Å². The van der Waals surface area contributed by atoms with Crippen LogP contribution in [0.25, 0.3) is 0 Å². The second kappa shape index (κ2) is 8.08. The molecule has 1 atom stereocenters. The lowest BCUT2D eigenvalue weighted by atomic mass is 10.1. The number of nitrogens with zero attached hydrogens (tertiary/aromatic N) is 1. The van der Waals surface area contributed by atoms with Crippen LogP contribution in [0.5, 0.6) is 5.75 Å². The Labute approximate surface area is 109 Å². The third kappa shape index (κ3) is 4.64. The molecule has 0 aliphatic heterocycles. The number of benzene rings is 1.